The van der Waals surface area contributed by atoms with E-state index in [1.54, 1.807) is 19.0 Å². The molecule has 0 spiro atoms. The molecule has 6 nitrogen and oxygen atoms in total. The topological polar surface area (TPSA) is 52.9 Å². The Kier molecular flexibility index (Phi) is 7.91. The molecular weight excluding hydrogens is 406 g/mol. The van der Waals surface area contributed by atoms with Gasteiger partial charge in [0.05, 0.1) is 6.54 Å². The summed E-state index contributed by atoms with van der Waals surface area (Å²) in [6, 6.07) is 12.4. The molecule has 0 bridgehead atoms. The van der Waals surface area contributed by atoms with Crippen LogP contribution in [0.15, 0.2) is 52.1 Å². The summed E-state index contributed by atoms with van der Waals surface area (Å²) in [5.41, 5.74) is 2.42. The van der Waals surface area contributed by atoms with Crippen molar-refractivity contribution in [2.24, 2.45) is 12.0 Å². The van der Waals surface area contributed by atoms with E-state index in [-0.39, 0.29) is 12.5 Å². The molecule has 0 fully saturated rings. The number of hydrogen-bond acceptors (Lipinski definition) is 2. The molecule has 0 atom stereocenters. The molecule has 2 aromatic rings. The van der Waals surface area contributed by atoms with E-state index in [0.29, 0.717) is 6.54 Å². The highest BCUT2D eigenvalue weighted by molar-refractivity contribution is 9.10. The highest BCUT2D eigenvalue weighted by Gasteiger charge is 2.11. The maximum atomic E-state index is 11.9. The second-order valence-corrected chi connectivity index (χ2v) is 7.62. The Hall–Kier alpha value is -2.28. The van der Waals surface area contributed by atoms with Gasteiger partial charge in [0.25, 0.3) is 0 Å². The highest BCUT2D eigenvalue weighted by atomic mass is 79.9. The number of nitrogens with zero attached hydrogens (tertiary/aromatic N) is 4. The predicted octanol–water partition coefficient (Wildman–Crippen LogP) is 2.50. The minimum Gasteiger partial charge on any atom is -0.356 e. The number of aliphatic imine (C=N–C) groups is 1. The number of nitrogens with one attached hydrogen (secondary N) is 1. The number of aromatic nitrogens is 1. The van der Waals surface area contributed by atoms with Gasteiger partial charge < -0.3 is 19.7 Å². The van der Waals surface area contributed by atoms with Crippen LogP contribution < -0.4 is 5.32 Å². The molecule has 1 aromatic heterocycles. The Balaban J connectivity index is 2.04. The Morgan fingerprint density at radius 1 is 1.22 bits per heavy atom. The van der Waals surface area contributed by atoms with Crippen LogP contribution in [0.5, 0.6) is 0 Å². The van der Waals surface area contributed by atoms with Gasteiger partial charge in [0.2, 0.25) is 5.91 Å². The van der Waals surface area contributed by atoms with E-state index in [2.05, 4.69) is 49.0 Å². The van der Waals surface area contributed by atoms with Crippen LogP contribution in [-0.2, 0) is 24.8 Å². The molecule has 0 unspecified atom stereocenters. The lowest BCUT2D eigenvalue weighted by molar-refractivity contribution is -0.127. The second kappa shape index (κ2) is 10.2. The number of aryl methyl sites for hydroxylation is 1. The average molecular weight is 434 g/mol. The summed E-state index contributed by atoms with van der Waals surface area (Å²) < 4.78 is 3.12. The molecule has 0 aliphatic heterocycles. The molecular formula is C20H28BrN5O. The first-order valence-electron chi connectivity index (χ1n) is 8.91. The van der Waals surface area contributed by atoms with Crippen molar-refractivity contribution in [1.29, 1.82) is 0 Å². The number of hydrogen-bond donors (Lipinski definition) is 1. The van der Waals surface area contributed by atoms with Crippen LogP contribution in [0.2, 0.25) is 0 Å². The standard InChI is InChI=1S/C20H28BrN5O/c1-24(2)19(27)13-23-20(22-11-10-16-8-6-5-7-9-16)26(4)15-18-12-17(21)14-25(18)3/h5-9,12,14H,10-11,13,15H2,1-4H3,(H,22,23). The van der Waals surface area contributed by atoms with Crippen molar-refractivity contribution >= 4 is 27.8 Å². The summed E-state index contributed by atoms with van der Waals surface area (Å²) in [6.45, 7) is 1.57. The fourth-order valence-corrected chi connectivity index (χ4v) is 3.17. The Bertz CT molecular complexity index is 770. The van der Waals surface area contributed by atoms with Gasteiger partial charge in [0, 0.05) is 51.1 Å². The fraction of sp³-hybridized carbons (Fsp3) is 0.400. The van der Waals surface area contributed by atoms with Gasteiger partial charge in [-0.1, -0.05) is 30.3 Å². The van der Waals surface area contributed by atoms with Gasteiger partial charge in [0.1, 0.15) is 6.54 Å². The lowest BCUT2D eigenvalue weighted by Crippen LogP contribution is -2.40. The molecule has 1 aromatic carbocycles. The van der Waals surface area contributed by atoms with Crippen LogP contribution in [-0.4, -0.2) is 60.5 Å². The van der Waals surface area contributed by atoms with Gasteiger partial charge in [-0.05, 0) is 34.0 Å². The molecule has 7 heteroatoms. The van der Waals surface area contributed by atoms with E-state index < -0.39 is 0 Å². The molecule has 0 aliphatic rings. The van der Waals surface area contributed by atoms with E-state index in [1.165, 1.54) is 5.56 Å². The van der Waals surface area contributed by atoms with Gasteiger partial charge in [-0.3, -0.25) is 4.79 Å². The van der Waals surface area contributed by atoms with Crippen molar-refractivity contribution in [2.75, 3.05) is 34.2 Å². The number of benzene rings is 1. The van der Waals surface area contributed by atoms with E-state index in [9.17, 15) is 4.79 Å². The molecule has 1 N–H and O–H groups in total. The van der Waals surface area contributed by atoms with Crippen molar-refractivity contribution in [1.82, 2.24) is 19.7 Å². The molecule has 2 rings (SSSR count). The normalized spacial score (nSPS) is 11.4. The van der Waals surface area contributed by atoms with Gasteiger partial charge in [-0.2, -0.15) is 0 Å². The van der Waals surface area contributed by atoms with Gasteiger partial charge in [0.15, 0.2) is 5.96 Å². The number of carbonyl (C=O) groups is 1. The van der Waals surface area contributed by atoms with Crippen molar-refractivity contribution in [3.63, 3.8) is 0 Å². The quantitative estimate of drug-likeness (QED) is 0.538. The number of rotatable bonds is 7. The smallest absolute Gasteiger partial charge is 0.243 e. The van der Waals surface area contributed by atoms with E-state index in [1.807, 2.05) is 43.4 Å². The summed E-state index contributed by atoms with van der Waals surface area (Å²) >= 11 is 3.51. The van der Waals surface area contributed by atoms with Crippen LogP contribution >= 0.6 is 15.9 Å². The minimum atomic E-state index is -0.0210. The third kappa shape index (κ3) is 6.75. The molecule has 27 heavy (non-hydrogen) atoms. The highest BCUT2D eigenvalue weighted by Crippen LogP contribution is 2.15. The number of carbonyl (C=O) groups excluding carboxylic acids is 1. The molecule has 0 saturated carbocycles. The van der Waals surface area contributed by atoms with Crippen molar-refractivity contribution in [3.8, 4) is 0 Å². The maximum absolute atomic E-state index is 11.9. The first-order chi connectivity index (χ1) is 12.9. The zero-order valence-corrected chi connectivity index (χ0v) is 18.0. The van der Waals surface area contributed by atoms with Crippen molar-refractivity contribution in [3.05, 3.63) is 58.3 Å². The number of guanidine groups is 1. The Labute approximate surface area is 170 Å². The lowest BCUT2D eigenvalue weighted by Gasteiger charge is -2.23. The van der Waals surface area contributed by atoms with Crippen LogP contribution in [0, 0.1) is 0 Å². The zero-order chi connectivity index (χ0) is 19.8. The average Bonchev–Trinajstić information content (AvgIpc) is 2.95. The number of halogens is 1. The third-order valence-electron chi connectivity index (χ3n) is 4.24. The molecule has 0 aliphatic carbocycles. The van der Waals surface area contributed by atoms with E-state index in [0.717, 1.165) is 29.1 Å². The van der Waals surface area contributed by atoms with Crippen LogP contribution in [0.3, 0.4) is 0 Å². The SMILES string of the molecule is CN(C)C(=O)CN=C(NCCc1ccccc1)N(C)Cc1cc(Br)cn1C. The number of likely N-dealkylation sites (N-methyl/N-ethyl adjacent to an activating group) is 1. The maximum Gasteiger partial charge on any atom is 0.243 e. The number of amides is 1. The summed E-state index contributed by atoms with van der Waals surface area (Å²) in [6.07, 6.45) is 2.92. The van der Waals surface area contributed by atoms with Crippen LogP contribution in [0.1, 0.15) is 11.3 Å². The molecule has 1 heterocycles. The van der Waals surface area contributed by atoms with E-state index >= 15 is 0 Å². The molecule has 0 radical (unpaired) electrons. The summed E-state index contributed by atoms with van der Waals surface area (Å²) in [4.78, 5) is 20.1. The van der Waals surface area contributed by atoms with Gasteiger partial charge in [-0.15, -0.1) is 0 Å². The Morgan fingerprint density at radius 3 is 2.52 bits per heavy atom. The van der Waals surface area contributed by atoms with Crippen molar-refractivity contribution < 1.29 is 4.79 Å². The van der Waals surface area contributed by atoms with Crippen LogP contribution in [0.4, 0.5) is 0 Å². The predicted molar refractivity (Wildman–Crippen MR) is 114 cm³/mol. The molecule has 1 amide bonds. The Morgan fingerprint density at radius 2 is 1.93 bits per heavy atom. The summed E-state index contributed by atoms with van der Waals surface area (Å²) in [5, 5.41) is 3.39. The monoisotopic (exact) mass is 433 g/mol. The zero-order valence-electron chi connectivity index (χ0n) is 16.4. The van der Waals surface area contributed by atoms with E-state index in [4.69, 9.17) is 0 Å². The largest absolute Gasteiger partial charge is 0.356 e. The summed E-state index contributed by atoms with van der Waals surface area (Å²) in [5.74, 6) is 0.700. The third-order valence-corrected chi connectivity index (χ3v) is 4.67. The van der Waals surface area contributed by atoms with Gasteiger partial charge >= 0.3 is 0 Å². The second-order valence-electron chi connectivity index (χ2n) is 6.71. The van der Waals surface area contributed by atoms with Crippen LogP contribution in [0.25, 0.3) is 0 Å². The molecule has 0 saturated heterocycles. The fourth-order valence-electron chi connectivity index (χ4n) is 2.60. The first-order valence-corrected chi connectivity index (χ1v) is 9.70. The first kappa shape index (κ1) is 21.0. The lowest BCUT2D eigenvalue weighted by atomic mass is 10.1. The summed E-state index contributed by atoms with van der Waals surface area (Å²) in [7, 11) is 7.48. The minimum absolute atomic E-state index is 0.0210. The van der Waals surface area contributed by atoms with Crippen molar-refractivity contribution in [2.45, 2.75) is 13.0 Å². The van der Waals surface area contributed by atoms with Gasteiger partial charge in [-0.25, -0.2) is 4.99 Å². The molecule has 146 valence electrons.